The van der Waals surface area contributed by atoms with Gasteiger partial charge in [-0.25, -0.2) is 4.39 Å². The van der Waals surface area contributed by atoms with E-state index in [4.69, 9.17) is 4.74 Å². The van der Waals surface area contributed by atoms with E-state index in [1.807, 2.05) is 7.05 Å². The number of fused-ring (bicyclic) bond motifs is 1. The Morgan fingerprint density at radius 3 is 2.60 bits per heavy atom. The van der Waals surface area contributed by atoms with Crippen molar-refractivity contribution in [2.75, 3.05) is 0 Å². The largest absolute Gasteiger partial charge is 0.489 e. The zero-order chi connectivity index (χ0) is 14.1. The van der Waals surface area contributed by atoms with Gasteiger partial charge in [0.05, 0.1) is 5.52 Å². The van der Waals surface area contributed by atoms with Crippen LogP contribution < -0.4 is 4.74 Å². The molecule has 3 rings (SSSR count). The van der Waals surface area contributed by atoms with Gasteiger partial charge in [0.1, 0.15) is 18.2 Å². The van der Waals surface area contributed by atoms with Crippen LogP contribution in [0.15, 0.2) is 48.7 Å². The van der Waals surface area contributed by atoms with Crippen molar-refractivity contribution < 1.29 is 9.13 Å². The monoisotopic (exact) mass is 269 g/mol. The SMILES string of the molecule is Cc1cccc2c(COc3ccc(F)cc3)cn(C)c12. The van der Waals surface area contributed by atoms with Crippen molar-refractivity contribution in [2.24, 2.45) is 7.05 Å². The van der Waals surface area contributed by atoms with E-state index in [-0.39, 0.29) is 5.82 Å². The van der Waals surface area contributed by atoms with Crippen molar-refractivity contribution in [3.63, 3.8) is 0 Å². The molecule has 0 N–H and O–H groups in total. The molecule has 0 saturated heterocycles. The highest BCUT2D eigenvalue weighted by molar-refractivity contribution is 5.86. The molecule has 20 heavy (non-hydrogen) atoms. The summed E-state index contributed by atoms with van der Waals surface area (Å²) in [6.07, 6.45) is 2.08. The van der Waals surface area contributed by atoms with Crippen LogP contribution in [0.25, 0.3) is 10.9 Å². The van der Waals surface area contributed by atoms with Crippen molar-refractivity contribution in [1.82, 2.24) is 4.57 Å². The van der Waals surface area contributed by atoms with E-state index in [2.05, 4.69) is 35.9 Å². The van der Waals surface area contributed by atoms with Crippen molar-refractivity contribution in [2.45, 2.75) is 13.5 Å². The fourth-order valence-electron chi connectivity index (χ4n) is 2.56. The van der Waals surface area contributed by atoms with Crippen molar-refractivity contribution in [3.05, 3.63) is 65.6 Å². The van der Waals surface area contributed by atoms with Gasteiger partial charge in [0.2, 0.25) is 0 Å². The molecule has 1 aromatic heterocycles. The van der Waals surface area contributed by atoms with E-state index in [1.54, 1.807) is 12.1 Å². The van der Waals surface area contributed by atoms with E-state index < -0.39 is 0 Å². The maximum absolute atomic E-state index is 12.8. The second kappa shape index (κ2) is 5.00. The Bertz CT molecular complexity index is 744. The van der Waals surface area contributed by atoms with E-state index in [0.717, 1.165) is 5.56 Å². The topological polar surface area (TPSA) is 14.2 Å². The number of aryl methyl sites for hydroxylation is 2. The lowest BCUT2D eigenvalue weighted by Gasteiger charge is -2.05. The Balaban J connectivity index is 1.88. The van der Waals surface area contributed by atoms with Gasteiger partial charge in [-0.05, 0) is 36.8 Å². The average molecular weight is 269 g/mol. The van der Waals surface area contributed by atoms with Crippen molar-refractivity contribution >= 4 is 10.9 Å². The molecule has 0 aliphatic rings. The van der Waals surface area contributed by atoms with Crippen LogP contribution >= 0.6 is 0 Å². The summed E-state index contributed by atoms with van der Waals surface area (Å²) in [6.45, 7) is 2.58. The Morgan fingerprint density at radius 2 is 1.85 bits per heavy atom. The zero-order valence-electron chi connectivity index (χ0n) is 11.6. The van der Waals surface area contributed by atoms with Gasteiger partial charge in [-0.3, -0.25) is 0 Å². The molecule has 102 valence electrons. The van der Waals surface area contributed by atoms with Crippen LogP contribution in [0.3, 0.4) is 0 Å². The van der Waals surface area contributed by atoms with Crippen molar-refractivity contribution in [3.8, 4) is 5.75 Å². The Labute approximate surface area is 117 Å². The number of halogens is 1. The molecular weight excluding hydrogens is 253 g/mol. The van der Waals surface area contributed by atoms with E-state index in [1.165, 1.54) is 28.6 Å². The Morgan fingerprint density at radius 1 is 1.10 bits per heavy atom. The zero-order valence-corrected chi connectivity index (χ0v) is 11.6. The summed E-state index contributed by atoms with van der Waals surface area (Å²) in [5.41, 5.74) is 3.61. The molecule has 0 aliphatic heterocycles. The normalized spacial score (nSPS) is 10.9. The van der Waals surface area contributed by atoms with Crippen LogP contribution in [0.2, 0.25) is 0 Å². The quantitative estimate of drug-likeness (QED) is 0.695. The van der Waals surface area contributed by atoms with Gasteiger partial charge in [0.15, 0.2) is 0 Å². The van der Waals surface area contributed by atoms with E-state index in [9.17, 15) is 4.39 Å². The van der Waals surface area contributed by atoms with Gasteiger partial charge in [-0.2, -0.15) is 0 Å². The number of hydrogen-bond acceptors (Lipinski definition) is 1. The smallest absolute Gasteiger partial charge is 0.123 e. The molecular formula is C17H16FNO. The lowest BCUT2D eigenvalue weighted by atomic mass is 10.1. The fourth-order valence-corrected chi connectivity index (χ4v) is 2.56. The molecule has 2 nitrogen and oxygen atoms in total. The Kier molecular flexibility index (Phi) is 3.18. The molecule has 0 saturated carbocycles. The standard InChI is InChI=1S/C17H16FNO/c1-12-4-3-5-16-13(10-19(2)17(12)16)11-20-15-8-6-14(18)7-9-15/h3-10H,11H2,1-2H3. The van der Waals surface area contributed by atoms with Gasteiger partial charge in [0.25, 0.3) is 0 Å². The molecule has 0 amide bonds. The summed E-state index contributed by atoms with van der Waals surface area (Å²) >= 11 is 0. The van der Waals surface area contributed by atoms with E-state index in [0.29, 0.717) is 12.4 Å². The summed E-state index contributed by atoms with van der Waals surface area (Å²) in [5, 5.41) is 1.20. The predicted octanol–water partition coefficient (Wildman–Crippen LogP) is 4.20. The molecule has 0 fully saturated rings. The van der Waals surface area contributed by atoms with Crippen LogP contribution in [-0.4, -0.2) is 4.57 Å². The molecule has 1 heterocycles. The highest BCUT2D eigenvalue weighted by atomic mass is 19.1. The van der Waals surface area contributed by atoms with Gasteiger partial charge in [-0.15, -0.1) is 0 Å². The first-order valence-corrected chi connectivity index (χ1v) is 6.57. The second-order valence-electron chi connectivity index (χ2n) is 4.98. The molecule has 0 spiro atoms. The first-order chi connectivity index (χ1) is 9.65. The highest BCUT2D eigenvalue weighted by Gasteiger charge is 2.08. The molecule has 2 aromatic carbocycles. The van der Waals surface area contributed by atoms with E-state index >= 15 is 0 Å². The molecule has 0 unspecified atom stereocenters. The third kappa shape index (κ3) is 2.27. The third-order valence-corrected chi connectivity index (χ3v) is 3.49. The fraction of sp³-hybridized carbons (Fsp3) is 0.176. The van der Waals surface area contributed by atoms with Crippen LogP contribution in [0, 0.1) is 12.7 Å². The first-order valence-electron chi connectivity index (χ1n) is 6.57. The number of ether oxygens (including phenoxy) is 1. The van der Waals surface area contributed by atoms with Gasteiger partial charge >= 0.3 is 0 Å². The highest BCUT2D eigenvalue weighted by Crippen LogP contribution is 2.25. The molecule has 3 aromatic rings. The summed E-state index contributed by atoms with van der Waals surface area (Å²) in [7, 11) is 2.04. The van der Waals surface area contributed by atoms with Crippen molar-refractivity contribution in [1.29, 1.82) is 0 Å². The van der Waals surface area contributed by atoms with Crippen LogP contribution in [0.1, 0.15) is 11.1 Å². The summed E-state index contributed by atoms with van der Waals surface area (Å²) in [4.78, 5) is 0. The molecule has 3 heteroatoms. The number of para-hydroxylation sites is 1. The molecule has 0 bridgehead atoms. The average Bonchev–Trinajstić information content (AvgIpc) is 2.76. The lowest BCUT2D eigenvalue weighted by molar-refractivity contribution is 0.307. The number of nitrogens with zero attached hydrogens (tertiary/aromatic N) is 1. The molecule has 0 aliphatic carbocycles. The summed E-state index contributed by atoms with van der Waals surface area (Å²) in [5.74, 6) is 0.425. The van der Waals surface area contributed by atoms with Crippen LogP contribution in [0.5, 0.6) is 5.75 Å². The first kappa shape index (κ1) is 12.7. The van der Waals surface area contributed by atoms with Gasteiger partial charge in [0, 0.05) is 24.2 Å². The number of hydrogen-bond donors (Lipinski definition) is 0. The molecule has 0 atom stereocenters. The minimum atomic E-state index is -0.252. The summed E-state index contributed by atoms with van der Waals surface area (Å²) < 4.78 is 20.7. The minimum Gasteiger partial charge on any atom is -0.489 e. The molecule has 0 radical (unpaired) electrons. The minimum absolute atomic E-state index is 0.252. The van der Waals surface area contributed by atoms with Crippen LogP contribution in [-0.2, 0) is 13.7 Å². The van der Waals surface area contributed by atoms with Gasteiger partial charge in [-0.1, -0.05) is 18.2 Å². The predicted molar refractivity (Wildman–Crippen MR) is 78.4 cm³/mol. The van der Waals surface area contributed by atoms with Gasteiger partial charge < -0.3 is 9.30 Å². The number of aromatic nitrogens is 1. The second-order valence-corrected chi connectivity index (χ2v) is 4.98. The number of rotatable bonds is 3. The maximum atomic E-state index is 12.8. The summed E-state index contributed by atoms with van der Waals surface area (Å²) in [6, 6.07) is 12.4. The maximum Gasteiger partial charge on any atom is 0.123 e. The number of benzene rings is 2. The Hall–Kier alpha value is -2.29. The van der Waals surface area contributed by atoms with Crippen LogP contribution in [0.4, 0.5) is 4.39 Å². The third-order valence-electron chi connectivity index (χ3n) is 3.49. The lowest BCUT2D eigenvalue weighted by Crippen LogP contribution is -1.94.